The van der Waals surface area contributed by atoms with Gasteiger partial charge in [0.1, 0.15) is 0 Å². The quantitative estimate of drug-likeness (QED) is 0.429. The molecule has 0 saturated carbocycles. The zero-order chi connectivity index (χ0) is 27.1. The Morgan fingerprint density at radius 2 is 1.72 bits per heavy atom. The van der Waals surface area contributed by atoms with Gasteiger partial charge in [-0.3, -0.25) is 19.3 Å². The van der Waals surface area contributed by atoms with E-state index in [0.717, 1.165) is 23.2 Å². The van der Waals surface area contributed by atoms with E-state index in [9.17, 15) is 14.4 Å². The lowest BCUT2D eigenvalue weighted by Crippen LogP contribution is -2.44. The number of imide groups is 1. The zero-order valence-electron chi connectivity index (χ0n) is 22.1. The number of thiophene rings is 1. The average molecular weight is 546 g/mol. The maximum atomic E-state index is 13.5. The Bertz CT molecular complexity index is 1430. The third-order valence-corrected chi connectivity index (χ3v) is 8.84. The van der Waals surface area contributed by atoms with Gasteiger partial charge in [-0.1, -0.05) is 6.07 Å². The zero-order valence-corrected chi connectivity index (χ0v) is 23.0. The van der Waals surface area contributed by atoms with Gasteiger partial charge in [-0.05, 0) is 77.0 Å². The van der Waals surface area contributed by atoms with E-state index in [2.05, 4.69) is 4.90 Å². The van der Waals surface area contributed by atoms with Crippen molar-refractivity contribution in [1.29, 1.82) is 0 Å². The Morgan fingerprint density at radius 1 is 0.974 bits per heavy atom. The second kappa shape index (κ2) is 10.4. The Balaban J connectivity index is 1.13. The maximum Gasteiger partial charge on any atom is 0.263 e. The van der Waals surface area contributed by atoms with Crippen LogP contribution in [0, 0.1) is 5.92 Å². The summed E-state index contributed by atoms with van der Waals surface area (Å²) in [4.78, 5) is 45.4. The highest BCUT2D eigenvalue weighted by molar-refractivity contribution is 7.07. The van der Waals surface area contributed by atoms with Crippen molar-refractivity contribution in [2.75, 3.05) is 38.8 Å². The molecule has 0 bridgehead atoms. The summed E-state index contributed by atoms with van der Waals surface area (Å²) < 4.78 is 10.9. The molecule has 1 aromatic heterocycles. The van der Waals surface area contributed by atoms with Gasteiger partial charge in [0.2, 0.25) is 5.91 Å². The lowest BCUT2D eigenvalue weighted by Gasteiger charge is -2.37. The van der Waals surface area contributed by atoms with Crippen molar-refractivity contribution in [2.45, 2.75) is 32.4 Å². The van der Waals surface area contributed by atoms with E-state index in [4.69, 9.17) is 9.47 Å². The summed E-state index contributed by atoms with van der Waals surface area (Å²) >= 11 is 1.55. The fourth-order valence-electron chi connectivity index (χ4n) is 5.98. The van der Waals surface area contributed by atoms with Crippen molar-refractivity contribution < 1.29 is 23.9 Å². The predicted octanol–water partition coefficient (Wildman–Crippen LogP) is 4.36. The number of amides is 3. The van der Waals surface area contributed by atoms with E-state index in [1.807, 2.05) is 46.0 Å². The third-order valence-electron chi connectivity index (χ3n) is 8.11. The Labute approximate surface area is 231 Å². The van der Waals surface area contributed by atoms with E-state index < -0.39 is 0 Å². The highest BCUT2D eigenvalue weighted by Crippen LogP contribution is 2.36. The number of hydrogen-bond donors (Lipinski definition) is 0. The molecular weight excluding hydrogens is 514 g/mol. The molecule has 202 valence electrons. The number of carbonyl (C=O) groups is 3. The number of carbonyl (C=O) groups excluding carboxylic acids is 3. The number of fused-ring (bicyclic) bond motifs is 2. The maximum absolute atomic E-state index is 13.5. The first-order valence-corrected chi connectivity index (χ1v) is 14.2. The summed E-state index contributed by atoms with van der Waals surface area (Å²) in [7, 11) is 3.25. The molecule has 0 atom stereocenters. The van der Waals surface area contributed by atoms with Crippen LogP contribution in [0.3, 0.4) is 0 Å². The second-order valence-corrected chi connectivity index (χ2v) is 11.1. The number of anilines is 1. The van der Waals surface area contributed by atoms with Gasteiger partial charge in [0, 0.05) is 32.1 Å². The SMILES string of the molecule is COc1cc2c(cc1OC)CN(C(=O)C1CCN(c3cccc4c3C(=O)N(Cc3ccsc3)C4=O)CC1)CC2. The summed E-state index contributed by atoms with van der Waals surface area (Å²) in [6.45, 7) is 2.86. The number of rotatable bonds is 6. The predicted molar refractivity (Wildman–Crippen MR) is 149 cm³/mol. The van der Waals surface area contributed by atoms with Crippen LogP contribution in [0.5, 0.6) is 11.5 Å². The van der Waals surface area contributed by atoms with Gasteiger partial charge in [0.15, 0.2) is 11.5 Å². The Morgan fingerprint density at radius 3 is 2.41 bits per heavy atom. The average Bonchev–Trinajstić information content (AvgIpc) is 3.58. The highest BCUT2D eigenvalue weighted by atomic mass is 32.1. The van der Waals surface area contributed by atoms with Crippen LogP contribution < -0.4 is 14.4 Å². The molecule has 2 aromatic carbocycles. The Kier molecular flexibility index (Phi) is 6.76. The third kappa shape index (κ3) is 4.54. The number of hydrogen-bond acceptors (Lipinski definition) is 7. The van der Waals surface area contributed by atoms with Crippen molar-refractivity contribution in [3.05, 3.63) is 75.0 Å². The van der Waals surface area contributed by atoms with Crippen molar-refractivity contribution in [3.8, 4) is 11.5 Å². The molecule has 3 aliphatic heterocycles. The largest absolute Gasteiger partial charge is 0.493 e. The fourth-order valence-corrected chi connectivity index (χ4v) is 6.64. The number of methoxy groups -OCH3 is 2. The van der Waals surface area contributed by atoms with Gasteiger partial charge in [-0.15, -0.1) is 0 Å². The lowest BCUT2D eigenvalue weighted by molar-refractivity contribution is -0.137. The van der Waals surface area contributed by atoms with E-state index in [1.165, 1.54) is 10.5 Å². The molecule has 0 unspecified atom stereocenters. The van der Waals surface area contributed by atoms with Crippen molar-refractivity contribution in [1.82, 2.24) is 9.80 Å². The molecule has 3 aromatic rings. The normalized spacial score (nSPS) is 17.3. The Hall–Kier alpha value is -3.85. The number of nitrogens with zero attached hydrogens (tertiary/aromatic N) is 3. The summed E-state index contributed by atoms with van der Waals surface area (Å²) in [6.07, 6.45) is 2.20. The summed E-state index contributed by atoms with van der Waals surface area (Å²) in [5.74, 6) is 1.03. The number of benzene rings is 2. The van der Waals surface area contributed by atoms with Crippen molar-refractivity contribution in [3.63, 3.8) is 0 Å². The van der Waals surface area contributed by atoms with Gasteiger partial charge >= 0.3 is 0 Å². The van der Waals surface area contributed by atoms with Gasteiger partial charge in [0.25, 0.3) is 11.8 Å². The fraction of sp³-hybridized carbons (Fsp3) is 0.367. The molecule has 3 aliphatic rings. The van der Waals surface area contributed by atoms with E-state index >= 15 is 0 Å². The molecule has 6 rings (SSSR count). The number of ether oxygens (including phenoxy) is 2. The van der Waals surface area contributed by atoms with Crippen LogP contribution in [0.4, 0.5) is 5.69 Å². The van der Waals surface area contributed by atoms with Crippen LogP contribution in [-0.4, -0.2) is 61.4 Å². The minimum absolute atomic E-state index is 0.0628. The first kappa shape index (κ1) is 25.4. The van der Waals surface area contributed by atoms with Crippen molar-refractivity contribution in [2.24, 2.45) is 5.92 Å². The molecule has 8 nitrogen and oxygen atoms in total. The van der Waals surface area contributed by atoms with E-state index in [1.54, 1.807) is 31.6 Å². The standard InChI is InChI=1S/C30H31N3O5S/c1-37-25-14-21-8-12-32(17-22(21)15-26(25)38-2)28(34)20-6-10-31(11-7-20)24-5-3-4-23-27(24)30(36)33(29(23)35)16-19-9-13-39-18-19/h3-5,9,13-15,18,20H,6-8,10-12,16-17H2,1-2H3. The number of piperidine rings is 1. The van der Waals surface area contributed by atoms with Crippen LogP contribution >= 0.6 is 11.3 Å². The van der Waals surface area contributed by atoms with Crippen LogP contribution in [0.15, 0.2) is 47.2 Å². The van der Waals surface area contributed by atoms with Gasteiger partial charge in [0.05, 0.1) is 37.6 Å². The molecule has 4 heterocycles. The molecule has 0 spiro atoms. The topological polar surface area (TPSA) is 79.4 Å². The van der Waals surface area contributed by atoms with Crippen LogP contribution in [0.2, 0.25) is 0 Å². The van der Waals surface area contributed by atoms with Crippen LogP contribution in [0.1, 0.15) is 50.2 Å². The van der Waals surface area contributed by atoms with Gasteiger partial charge in [-0.2, -0.15) is 11.3 Å². The molecule has 0 aliphatic carbocycles. The molecule has 0 radical (unpaired) electrons. The summed E-state index contributed by atoms with van der Waals surface area (Å²) in [5.41, 5.74) is 4.98. The minimum atomic E-state index is -0.243. The summed E-state index contributed by atoms with van der Waals surface area (Å²) in [5, 5.41) is 3.90. The van der Waals surface area contributed by atoms with Crippen LogP contribution in [-0.2, 0) is 24.3 Å². The van der Waals surface area contributed by atoms with Gasteiger partial charge < -0.3 is 19.3 Å². The van der Waals surface area contributed by atoms with Crippen molar-refractivity contribution >= 4 is 34.7 Å². The van der Waals surface area contributed by atoms with E-state index in [-0.39, 0.29) is 30.2 Å². The lowest BCUT2D eigenvalue weighted by atomic mass is 9.92. The molecular formula is C30H31N3O5S. The highest BCUT2D eigenvalue weighted by Gasteiger charge is 2.39. The molecule has 9 heteroatoms. The monoisotopic (exact) mass is 545 g/mol. The van der Waals surface area contributed by atoms with E-state index in [0.29, 0.717) is 61.6 Å². The second-order valence-electron chi connectivity index (χ2n) is 10.3. The first-order valence-electron chi connectivity index (χ1n) is 13.3. The summed E-state index contributed by atoms with van der Waals surface area (Å²) in [6, 6.07) is 11.4. The smallest absolute Gasteiger partial charge is 0.263 e. The molecule has 1 saturated heterocycles. The van der Waals surface area contributed by atoms with Crippen LogP contribution in [0.25, 0.3) is 0 Å². The first-order chi connectivity index (χ1) is 19.0. The molecule has 1 fully saturated rings. The minimum Gasteiger partial charge on any atom is -0.493 e. The van der Waals surface area contributed by atoms with Gasteiger partial charge in [-0.25, -0.2) is 0 Å². The molecule has 0 N–H and O–H groups in total. The molecule has 3 amide bonds. The molecule has 39 heavy (non-hydrogen) atoms.